The highest BCUT2D eigenvalue weighted by molar-refractivity contribution is 5.78. The molecular weight excluding hydrogens is 300 g/mol. The van der Waals surface area contributed by atoms with Crippen molar-refractivity contribution < 1.29 is 4.79 Å². The molecule has 134 valence electrons. The fraction of sp³-hybridized carbons (Fsp3) is 0.632. The van der Waals surface area contributed by atoms with Gasteiger partial charge in [0.15, 0.2) is 0 Å². The summed E-state index contributed by atoms with van der Waals surface area (Å²) in [5.74, 6) is 0.182. The van der Waals surface area contributed by atoms with Gasteiger partial charge in [0.1, 0.15) is 0 Å². The first-order valence-corrected chi connectivity index (χ1v) is 9.06. The molecule has 1 atom stereocenters. The van der Waals surface area contributed by atoms with Crippen molar-refractivity contribution in [2.75, 3.05) is 57.8 Å². The van der Waals surface area contributed by atoms with E-state index in [-0.39, 0.29) is 11.8 Å². The lowest BCUT2D eigenvalue weighted by atomic mass is 10.1. The number of anilines is 1. The first-order chi connectivity index (χ1) is 11.6. The zero-order valence-corrected chi connectivity index (χ0v) is 15.3. The summed E-state index contributed by atoms with van der Waals surface area (Å²) in [5.41, 5.74) is 2.65. The number of benzene rings is 1. The van der Waals surface area contributed by atoms with Crippen LogP contribution in [0, 0.1) is 12.8 Å². The van der Waals surface area contributed by atoms with Crippen molar-refractivity contribution in [3.05, 3.63) is 29.8 Å². The van der Waals surface area contributed by atoms with Gasteiger partial charge in [0.2, 0.25) is 5.91 Å². The minimum absolute atomic E-state index is 0.0351. The third-order valence-corrected chi connectivity index (χ3v) is 4.65. The van der Waals surface area contributed by atoms with Crippen LogP contribution in [-0.2, 0) is 4.79 Å². The molecule has 2 rings (SSSR count). The maximum atomic E-state index is 11.8. The molecule has 1 saturated heterocycles. The van der Waals surface area contributed by atoms with Gasteiger partial charge in [-0.3, -0.25) is 9.69 Å². The normalized spacial score (nSPS) is 16.9. The number of hydrogen-bond donors (Lipinski definition) is 2. The number of carbonyl (C=O) groups excluding carboxylic acids is 1. The fourth-order valence-electron chi connectivity index (χ4n) is 3.14. The van der Waals surface area contributed by atoms with E-state index in [0.29, 0.717) is 0 Å². The Morgan fingerprint density at radius 1 is 1.25 bits per heavy atom. The van der Waals surface area contributed by atoms with Crippen LogP contribution in [0.25, 0.3) is 0 Å². The molecule has 0 spiro atoms. The molecule has 1 aliphatic rings. The van der Waals surface area contributed by atoms with E-state index < -0.39 is 0 Å². The molecular formula is C19H32N4O. The third-order valence-electron chi connectivity index (χ3n) is 4.65. The molecule has 1 aliphatic heterocycles. The summed E-state index contributed by atoms with van der Waals surface area (Å²) in [6, 6.07) is 8.74. The average Bonchev–Trinajstić information content (AvgIpc) is 2.59. The molecule has 0 bridgehead atoms. The van der Waals surface area contributed by atoms with Crippen LogP contribution in [0.2, 0.25) is 0 Å². The van der Waals surface area contributed by atoms with E-state index in [1.807, 2.05) is 14.0 Å². The van der Waals surface area contributed by atoms with Gasteiger partial charge in [0.25, 0.3) is 0 Å². The van der Waals surface area contributed by atoms with Crippen LogP contribution < -0.4 is 15.5 Å². The number of amides is 1. The van der Waals surface area contributed by atoms with Crippen molar-refractivity contribution in [1.82, 2.24) is 15.5 Å². The molecule has 1 heterocycles. The summed E-state index contributed by atoms with van der Waals surface area (Å²) in [6.45, 7) is 11.0. The van der Waals surface area contributed by atoms with Crippen molar-refractivity contribution in [3.8, 4) is 0 Å². The number of rotatable bonds is 8. The number of hydrogen-bond acceptors (Lipinski definition) is 4. The predicted molar refractivity (Wildman–Crippen MR) is 101 cm³/mol. The van der Waals surface area contributed by atoms with Gasteiger partial charge < -0.3 is 15.5 Å². The summed E-state index contributed by atoms with van der Waals surface area (Å²) < 4.78 is 0. The molecule has 1 aromatic rings. The SMILES string of the molecule is CNCC(C)C(=O)NCCCN1CCN(c2cccc(C)c2)CC1. The second kappa shape index (κ2) is 9.64. The Morgan fingerprint density at radius 3 is 2.67 bits per heavy atom. The number of piperazine rings is 1. The highest BCUT2D eigenvalue weighted by Gasteiger charge is 2.17. The van der Waals surface area contributed by atoms with Gasteiger partial charge >= 0.3 is 0 Å². The second-order valence-corrected chi connectivity index (χ2v) is 6.77. The molecule has 2 N–H and O–H groups in total. The first-order valence-electron chi connectivity index (χ1n) is 9.06. The van der Waals surface area contributed by atoms with Crippen LogP contribution in [0.5, 0.6) is 0 Å². The molecule has 0 radical (unpaired) electrons. The highest BCUT2D eigenvalue weighted by atomic mass is 16.1. The number of nitrogens with one attached hydrogen (secondary N) is 2. The lowest BCUT2D eigenvalue weighted by Gasteiger charge is -2.36. The molecule has 0 aliphatic carbocycles. The Hall–Kier alpha value is -1.59. The quantitative estimate of drug-likeness (QED) is 0.708. The molecule has 1 amide bonds. The lowest BCUT2D eigenvalue weighted by molar-refractivity contribution is -0.124. The van der Waals surface area contributed by atoms with E-state index in [0.717, 1.165) is 52.2 Å². The summed E-state index contributed by atoms with van der Waals surface area (Å²) in [7, 11) is 1.88. The number of aryl methyl sites for hydroxylation is 1. The van der Waals surface area contributed by atoms with Gasteiger partial charge in [0, 0.05) is 50.9 Å². The Labute approximate surface area is 146 Å². The highest BCUT2D eigenvalue weighted by Crippen LogP contribution is 2.17. The molecule has 5 heteroatoms. The molecule has 1 fully saturated rings. The number of carbonyl (C=O) groups is 1. The summed E-state index contributed by atoms with van der Waals surface area (Å²) in [6.07, 6.45) is 1.02. The smallest absolute Gasteiger partial charge is 0.224 e. The summed E-state index contributed by atoms with van der Waals surface area (Å²) in [5, 5.41) is 6.07. The predicted octanol–water partition coefficient (Wildman–Crippen LogP) is 1.48. The molecule has 24 heavy (non-hydrogen) atoms. The van der Waals surface area contributed by atoms with E-state index in [1.165, 1.54) is 11.3 Å². The monoisotopic (exact) mass is 332 g/mol. The fourth-order valence-corrected chi connectivity index (χ4v) is 3.14. The van der Waals surface area contributed by atoms with Crippen molar-refractivity contribution in [3.63, 3.8) is 0 Å². The van der Waals surface area contributed by atoms with Gasteiger partial charge in [-0.05, 0) is 44.6 Å². The summed E-state index contributed by atoms with van der Waals surface area (Å²) in [4.78, 5) is 16.8. The number of nitrogens with zero attached hydrogens (tertiary/aromatic N) is 2. The standard InChI is InChI=1S/C19H32N4O/c1-16-6-4-7-18(14-16)23-12-10-22(11-13-23)9-5-8-21-19(24)17(2)15-20-3/h4,6-7,14,17,20H,5,8-13,15H2,1-3H3,(H,21,24). The zero-order chi connectivity index (χ0) is 17.4. The Bertz CT molecular complexity index is 512. The van der Waals surface area contributed by atoms with Crippen LogP contribution in [0.15, 0.2) is 24.3 Å². The van der Waals surface area contributed by atoms with Gasteiger partial charge in [-0.15, -0.1) is 0 Å². The molecule has 5 nitrogen and oxygen atoms in total. The maximum absolute atomic E-state index is 11.8. The van der Waals surface area contributed by atoms with Gasteiger partial charge in [-0.25, -0.2) is 0 Å². The Morgan fingerprint density at radius 2 is 2.00 bits per heavy atom. The second-order valence-electron chi connectivity index (χ2n) is 6.77. The van der Waals surface area contributed by atoms with E-state index >= 15 is 0 Å². The van der Waals surface area contributed by atoms with E-state index in [4.69, 9.17) is 0 Å². The van der Waals surface area contributed by atoms with Gasteiger partial charge in [-0.2, -0.15) is 0 Å². The molecule has 1 unspecified atom stereocenters. The van der Waals surface area contributed by atoms with Crippen LogP contribution in [0.4, 0.5) is 5.69 Å². The molecule has 0 aromatic heterocycles. The maximum Gasteiger partial charge on any atom is 0.224 e. The minimum atomic E-state index is 0.0351. The van der Waals surface area contributed by atoms with E-state index in [9.17, 15) is 4.79 Å². The van der Waals surface area contributed by atoms with Crippen LogP contribution >= 0.6 is 0 Å². The lowest BCUT2D eigenvalue weighted by Crippen LogP contribution is -2.47. The van der Waals surface area contributed by atoms with Crippen LogP contribution in [-0.4, -0.2) is 63.7 Å². The van der Waals surface area contributed by atoms with Gasteiger partial charge in [0.05, 0.1) is 0 Å². The topological polar surface area (TPSA) is 47.6 Å². The minimum Gasteiger partial charge on any atom is -0.369 e. The van der Waals surface area contributed by atoms with E-state index in [1.54, 1.807) is 0 Å². The zero-order valence-electron chi connectivity index (χ0n) is 15.3. The van der Waals surface area contributed by atoms with Gasteiger partial charge in [-0.1, -0.05) is 19.1 Å². The first kappa shape index (κ1) is 18.7. The largest absolute Gasteiger partial charge is 0.369 e. The molecule has 0 saturated carbocycles. The summed E-state index contributed by atoms with van der Waals surface area (Å²) >= 11 is 0. The van der Waals surface area contributed by atoms with Crippen LogP contribution in [0.3, 0.4) is 0 Å². The Balaban J connectivity index is 1.62. The van der Waals surface area contributed by atoms with E-state index in [2.05, 4.69) is 51.6 Å². The van der Waals surface area contributed by atoms with Crippen molar-refractivity contribution in [2.24, 2.45) is 5.92 Å². The van der Waals surface area contributed by atoms with Crippen molar-refractivity contribution >= 4 is 11.6 Å². The molecule has 1 aromatic carbocycles. The van der Waals surface area contributed by atoms with Crippen molar-refractivity contribution in [1.29, 1.82) is 0 Å². The Kier molecular flexibility index (Phi) is 7.53. The van der Waals surface area contributed by atoms with Crippen LogP contribution in [0.1, 0.15) is 18.9 Å². The third kappa shape index (κ3) is 5.80. The average molecular weight is 332 g/mol. The van der Waals surface area contributed by atoms with Crippen molar-refractivity contribution in [2.45, 2.75) is 20.3 Å².